The minimum Gasteiger partial charge on any atom is -0.487 e. The number of fused-ring (bicyclic) bond motifs is 1. The van der Waals surface area contributed by atoms with Gasteiger partial charge in [-0.1, -0.05) is 24.3 Å². The second kappa shape index (κ2) is 8.36. The third-order valence-corrected chi connectivity index (χ3v) is 4.10. The third kappa shape index (κ3) is 4.44. The summed E-state index contributed by atoms with van der Waals surface area (Å²) in [4.78, 5) is 18.9. The minimum atomic E-state index is -0.0801. The first-order valence-electron chi connectivity index (χ1n) is 8.79. The molecule has 0 radical (unpaired) electrons. The minimum absolute atomic E-state index is 0.0801. The van der Waals surface area contributed by atoms with Crippen LogP contribution in [-0.2, 0) is 6.61 Å². The molecule has 138 valence electrons. The Bertz CT molecular complexity index is 965. The zero-order valence-electron chi connectivity index (χ0n) is 15.5. The highest BCUT2D eigenvalue weighted by Crippen LogP contribution is 2.17. The van der Waals surface area contributed by atoms with Gasteiger partial charge in [-0.25, -0.2) is 4.98 Å². The van der Waals surface area contributed by atoms with Gasteiger partial charge in [0.05, 0.1) is 5.69 Å². The molecular weight excluding hydrogens is 338 g/mol. The number of hydrogen-bond acceptors (Lipinski definition) is 3. The van der Waals surface area contributed by atoms with Gasteiger partial charge in [0.15, 0.2) is 0 Å². The van der Waals surface area contributed by atoms with Crippen molar-refractivity contribution in [1.82, 2.24) is 14.3 Å². The summed E-state index contributed by atoms with van der Waals surface area (Å²) in [5.74, 6) is 0.551. The predicted molar refractivity (Wildman–Crippen MR) is 107 cm³/mol. The number of pyridine rings is 1. The van der Waals surface area contributed by atoms with E-state index in [9.17, 15) is 4.79 Å². The zero-order valence-corrected chi connectivity index (χ0v) is 15.5. The molecule has 0 atom stereocenters. The summed E-state index contributed by atoms with van der Waals surface area (Å²) in [5, 5.41) is 0. The number of aromatic nitrogens is 2. The van der Waals surface area contributed by atoms with Crippen LogP contribution in [0.15, 0.2) is 74.1 Å². The van der Waals surface area contributed by atoms with E-state index < -0.39 is 0 Å². The molecule has 0 aliphatic heterocycles. The van der Waals surface area contributed by atoms with E-state index in [1.54, 1.807) is 29.2 Å². The van der Waals surface area contributed by atoms with E-state index in [0.717, 1.165) is 11.3 Å². The monoisotopic (exact) mass is 361 g/mol. The van der Waals surface area contributed by atoms with E-state index in [4.69, 9.17) is 4.74 Å². The number of ether oxygens (including phenoxy) is 1. The maximum Gasteiger partial charge on any atom is 0.254 e. The first kappa shape index (κ1) is 18.5. The molecule has 0 fully saturated rings. The molecule has 5 heteroatoms. The van der Waals surface area contributed by atoms with Gasteiger partial charge >= 0.3 is 0 Å². The Hall–Kier alpha value is -3.34. The highest BCUT2D eigenvalue weighted by molar-refractivity contribution is 5.94. The Morgan fingerprint density at radius 3 is 2.70 bits per heavy atom. The first-order chi connectivity index (χ1) is 13.1. The maximum absolute atomic E-state index is 12.7. The molecule has 1 aromatic carbocycles. The van der Waals surface area contributed by atoms with Crippen LogP contribution in [0, 0.1) is 6.92 Å². The second-order valence-electron chi connectivity index (χ2n) is 6.31. The number of carbonyl (C=O) groups is 1. The summed E-state index contributed by atoms with van der Waals surface area (Å²) >= 11 is 0. The summed E-state index contributed by atoms with van der Waals surface area (Å²) in [6.07, 6.45) is 7.38. The Labute approximate surface area is 159 Å². The quantitative estimate of drug-likeness (QED) is 0.569. The Kier molecular flexibility index (Phi) is 5.71. The van der Waals surface area contributed by atoms with Crippen molar-refractivity contribution in [2.45, 2.75) is 13.5 Å². The normalized spacial score (nSPS) is 10.6. The fourth-order valence-electron chi connectivity index (χ4n) is 2.84. The van der Waals surface area contributed by atoms with Crippen molar-refractivity contribution in [3.8, 4) is 5.75 Å². The van der Waals surface area contributed by atoms with E-state index in [-0.39, 0.29) is 5.91 Å². The van der Waals surface area contributed by atoms with E-state index in [1.165, 1.54) is 5.56 Å². The molecule has 27 heavy (non-hydrogen) atoms. The largest absolute Gasteiger partial charge is 0.487 e. The summed E-state index contributed by atoms with van der Waals surface area (Å²) in [7, 11) is 0. The number of aryl methyl sites for hydroxylation is 1. The van der Waals surface area contributed by atoms with Crippen LogP contribution in [-0.4, -0.2) is 33.3 Å². The second-order valence-corrected chi connectivity index (χ2v) is 6.31. The number of nitrogens with zero attached hydrogens (tertiary/aromatic N) is 3. The van der Waals surface area contributed by atoms with Crippen molar-refractivity contribution in [2.75, 3.05) is 13.1 Å². The summed E-state index contributed by atoms with van der Waals surface area (Å²) in [5.41, 5.74) is 3.45. The van der Waals surface area contributed by atoms with Gasteiger partial charge in [0.25, 0.3) is 5.91 Å². The lowest BCUT2D eigenvalue weighted by Crippen LogP contribution is -2.31. The van der Waals surface area contributed by atoms with Gasteiger partial charge in [-0.3, -0.25) is 4.79 Å². The lowest BCUT2D eigenvalue weighted by Gasteiger charge is -2.19. The van der Waals surface area contributed by atoms with Crippen molar-refractivity contribution in [2.24, 2.45) is 0 Å². The number of imidazole rings is 1. The Morgan fingerprint density at radius 1 is 1.19 bits per heavy atom. The van der Waals surface area contributed by atoms with Crippen LogP contribution in [0.3, 0.4) is 0 Å². The van der Waals surface area contributed by atoms with Crippen molar-refractivity contribution in [1.29, 1.82) is 0 Å². The number of rotatable bonds is 8. The maximum atomic E-state index is 12.7. The van der Waals surface area contributed by atoms with Crippen LogP contribution >= 0.6 is 0 Å². The summed E-state index contributed by atoms with van der Waals surface area (Å²) < 4.78 is 7.84. The average Bonchev–Trinajstić information content (AvgIpc) is 3.08. The fraction of sp³-hybridized carbons (Fsp3) is 0.182. The molecule has 5 nitrogen and oxygen atoms in total. The van der Waals surface area contributed by atoms with Crippen LogP contribution in [0.5, 0.6) is 5.75 Å². The molecule has 2 aromatic heterocycles. The molecule has 3 rings (SSSR count). The van der Waals surface area contributed by atoms with E-state index in [1.807, 2.05) is 48.0 Å². The fourth-order valence-corrected chi connectivity index (χ4v) is 2.84. The number of carbonyl (C=O) groups excluding carboxylic acids is 1. The van der Waals surface area contributed by atoms with Gasteiger partial charge in [-0.05, 0) is 36.8 Å². The van der Waals surface area contributed by atoms with Gasteiger partial charge in [-0.2, -0.15) is 0 Å². The highest BCUT2D eigenvalue weighted by Gasteiger charge is 2.14. The van der Waals surface area contributed by atoms with Crippen molar-refractivity contribution in [3.05, 3.63) is 90.9 Å². The number of amides is 1. The molecule has 0 aliphatic rings. The molecule has 1 amide bonds. The molecule has 0 aliphatic carbocycles. The van der Waals surface area contributed by atoms with Crippen LogP contribution in [0.25, 0.3) is 5.65 Å². The average molecular weight is 361 g/mol. The van der Waals surface area contributed by atoms with Gasteiger partial charge < -0.3 is 14.0 Å². The first-order valence-corrected chi connectivity index (χ1v) is 8.79. The van der Waals surface area contributed by atoms with Gasteiger partial charge in [0.2, 0.25) is 0 Å². The molecule has 0 bridgehead atoms. The predicted octanol–water partition coefficient (Wildman–Crippen LogP) is 4.04. The lowest BCUT2D eigenvalue weighted by molar-refractivity contribution is 0.0790. The Balaban J connectivity index is 1.71. The summed E-state index contributed by atoms with van der Waals surface area (Å²) in [6, 6.07) is 11.2. The molecule has 0 saturated heterocycles. The van der Waals surface area contributed by atoms with Crippen LogP contribution < -0.4 is 4.74 Å². The zero-order chi connectivity index (χ0) is 19.2. The van der Waals surface area contributed by atoms with Crippen LogP contribution in [0.2, 0.25) is 0 Å². The van der Waals surface area contributed by atoms with Crippen LogP contribution in [0.1, 0.15) is 21.6 Å². The van der Waals surface area contributed by atoms with E-state index in [0.29, 0.717) is 31.0 Å². The lowest BCUT2D eigenvalue weighted by atomic mass is 10.2. The third-order valence-electron chi connectivity index (χ3n) is 4.10. The van der Waals surface area contributed by atoms with Crippen LogP contribution in [0.4, 0.5) is 0 Å². The van der Waals surface area contributed by atoms with Gasteiger partial charge in [0.1, 0.15) is 18.0 Å². The van der Waals surface area contributed by atoms with Gasteiger partial charge in [0, 0.05) is 31.0 Å². The molecule has 0 N–H and O–H groups in total. The topological polar surface area (TPSA) is 46.8 Å². The van der Waals surface area contributed by atoms with E-state index in [2.05, 4.69) is 18.1 Å². The standard InChI is InChI=1S/C22H23N3O2/c1-4-11-24(12-5-2)22(26)18-7-6-8-20(13-18)27-16-19-15-25-14-17(3)9-10-21(25)23-19/h4-10,13-15H,1-2,11-12,16H2,3H3. The molecule has 2 heterocycles. The molecule has 3 aromatic rings. The van der Waals surface area contributed by atoms with Crippen molar-refractivity contribution in [3.63, 3.8) is 0 Å². The molecule has 0 unspecified atom stereocenters. The molecular formula is C22H23N3O2. The summed E-state index contributed by atoms with van der Waals surface area (Å²) in [6.45, 7) is 10.7. The van der Waals surface area contributed by atoms with Crippen molar-refractivity contribution >= 4 is 11.6 Å². The highest BCUT2D eigenvalue weighted by atomic mass is 16.5. The van der Waals surface area contributed by atoms with E-state index >= 15 is 0 Å². The van der Waals surface area contributed by atoms with Crippen molar-refractivity contribution < 1.29 is 9.53 Å². The molecule has 0 spiro atoms. The Morgan fingerprint density at radius 2 is 1.96 bits per heavy atom. The smallest absolute Gasteiger partial charge is 0.254 e. The molecule has 0 saturated carbocycles. The van der Waals surface area contributed by atoms with Gasteiger partial charge in [-0.15, -0.1) is 13.2 Å². The number of hydrogen-bond donors (Lipinski definition) is 0. The SMILES string of the molecule is C=CCN(CC=C)C(=O)c1cccc(OCc2cn3cc(C)ccc3n2)c1. The number of benzene rings is 1.